The molecule has 0 aromatic carbocycles. The lowest BCUT2D eigenvalue weighted by Crippen LogP contribution is -2.11. The summed E-state index contributed by atoms with van der Waals surface area (Å²) in [5, 5.41) is 11.2. The molecule has 13 heavy (non-hydrogen) atoms. The minimum atomic E-state index is 0.337. The summed E-state index contributed by atoms with van der Waals surface area (Å²) in [6, 6.07) is 0. The molecule has 0 aliphatic rings. The normalized spacial score (nSPS) is 12.4. The van der Waals surface area contributed by atoms with Gasteiger partial charge in [-0.15, -0.1) is 0 Å². The fourth-order valence-electron chi connectivity index (χ4n) is 0.826. The number of thioether (sulfide) groups is 1. The summed E-state index contributed by atoms with van der Waals surface area (Å²) in [7, 11) is 0. The van der Waals surface area contributed by atoms with Crippen LogP contribution in [0.3, 0.4) is 0 Å². The minimum absolute atomic E-state index is 0.337. The maximum atomic E-state index is 8.27. The molecule has 0 fully saturated rings. The van der Waals surface area contributed by atoms with E-state index in [0.29, 0.717) is 12.3 Å². The molecule has 4 heteroatoms. The molecule has 0 rings (SSSR count). The molecule has 0 amide bonds. The van der Waals surface area contributed by atoms with Crippen LogP contribution >= 0.6 is 11.8 Å². The van der Waals surface area contributed by atoms with Crippen LogP contribution in [0.2, 0.25) is 0 Å². The molecule has 0 aromatic rings. The van der Waals surface area contributed by atoms with E-state index in [1.54, 1.807) is 0 Å². The first-order valence-corrected chi connectivity index (χ1v) is 5.86. The molecule has 0 radical (unpaired) electrons. The highest BCUT2D eigenvalue weighted by Crippen LogP contribution is 2.10. The van der Waals surface area contributed by atoms with E-state index in [9.17, 15) is 0 Å². The zero-order chi connectivity index (χ0) is 10.1. The number of hydrogen-bond acceptors (Lipinski definition) is 3. The van der Waals surface area contributed by atoms with E-state index in [4.69, 9.17) is 10.9 Å². The molecule has 0 saturated heterocycles. The summed E-state index contributed by atoms with van der Waals surface area (Å²) in [5.41, 5.74) is 5.33. The van der Waals surface area contributed by atoms with Crippen molar-refractivity contribution in [3.05, 3.63) is 0 Å². The molecule has 0 unspecified atom stereocenters. The molecule has 0 aromatic heterocycles. The molecule has 3 N–H and O–H groups in total. The van der Waals surface area contributed by atoms with Crippen molar-refractivity contribution in [1.82, 2.24) is 0 Å². The van der Waals surface area contributed by atoms with Gasteiger partial charge < -0.3 is 10.9 Å². The molecule has 0 atom stereocenters. The van der Waals surface area contributed by atoms with Gasteiger partial charge in [0.25, 0.3) is 0 Å². The molecular formula is C9H20N2OS. The third-order valence-electron chi connectivity index (χ3n) is 1.69. The van der Waals surface area contributed by atoms with E-state index in [-0.39, 0.29) is 0 Å². The largest absolute Gasteiger partial charge is 0.409 e. The highest BCUT2D eigenvalue weighted by Gasteiger charge is 1.96. The first-order valence-electron chi connectivity index (χ1n) is 4.71. The van der Waals surface area contributed by atoms with Gasteiger partial charge in [-0.2, -0.15) is 11.8 Å². The van der Waals surface area contributed by atoms with E-state index in [2.05, 4.69) is 19.0 Å². The second-order valence-electron chi connectivity index (χ2n) is 3.49. The van der Waals surface area contributed by atoms with Gasteiger partial charge in [0.2, 0.25) is 0 Å². The summed E-state index contributed by atoms with van der Waals surface area (Å²) >= 11 is 1.94. The Kier molecular flexibility index (Phi) is 7.99. The molecule has 0 aliphatic carbocycles. The predicted molar refractivity (Wildman–Crippen MR) is 59.4 cm³/mol. The Balaban J connectivity index is 3.09. The van der Waals surface area contributed by atoms with E-state index < -0.39 is 0 Å². The van der Waals surface area contributed by atoms with Crippen LogP contribution in [0, 0.1) is 5.92 Å². The maximum Gasteiger partial charge on any atom is 0.139 e. The molecule has 0 spiro atoms. The minimum Gasteiger partial charge on any atom is -0.409 e. The van der Waals surface area contributed by atoms with Gasteiger partial charge in [0.05, 0.1) is 0 Å². The Morgan fingerprint density at radius 1 is 1.46 bits per heavy atom. The summed E-state index contributed by atoms with van der Waals surface area (Å²) in [4.78, 5) is 0. The van der Waals surface area contributed by atoms with Gasteiger partial charge >= 0.3 is 0 Å². The highest BCUT2D eigenvalue weighted by molar-refractivity contribution is 7.99. The van der Waals surface area contributed by atoms with Gasteiger partial charge in [0.1, 0.15) is 5.84 Å². The number of rotatable bonds is 7. The molecule has 0 saturated carbocycles. The SMILES string of the molecule is CC(C)CCSCCCC(N)=NO. The Labute approximate surface area is 84.8 Å². The first kappa shape index (κ1) is 12.6. The van der Waals surface area contributed by atoms with Crippen molar-refractivity contribution in [2.75, 3.05) is 11.5 Å². The Morgan fingerprint density at radius 3 is 2.69 bits per heavy atom. The van der Waals surface area contributed by atoms with Gasteiger partial charge in [-0.1, -0.05) is 19.0 Å². The van der Waals surface area contributed by atoms with Crippen LogP contribution in [-0.2, 0) is 0 Å². The molecule has 3 nitrogen and oxygen atoms in total. The molecule has 78 valence electrons. The van der Waals surface area contributed by atoms with Crippen LogP contribution in [0.4, 0.5) is 0 Å². The lowest BCUT2D eigenvalue weighted by Gasteiger charge is -2.03. The van der Waals surface area contributed by atoms with Crippen LogP contribution in [0.25, 0.3) is 0 Å². The fourth-order valence-corrected chi connectivity index (χ4v) is 2.02. The van der Waals surface area contributed by atoms with Crippen molar-refractivity contribution in [2.45, 2.75) is 33.1 Å². The molecule has 0 bridgehead atoms. The topological polar surface area (TPSA) is 58.6 Å². The van der Waals surface area contributed by atoms with E-state index >= 15 is 0 Å². The zero-order valence-electron chi connectivity index (χ0n) is 8.49. The van der Waals surface area contributed by atoms with E-state index in [1.165, 1.54) is 12.2 Å². The van der Waals surface area contributed by atoms with Crippen LogP contribution in [0.1, 0.15) is 33.1 Å². The zero-order valence-corrected chi connectivity index (χ0v) is 9.31. The second kappa shape index (κ2) is 8.23. The smallest absolute Gasteiger partial charge is 0.139 e. The Bertz CT molecular complexity index is 149. The average Bonchev–Trinajstić information content (AvgIpc) is 2.10. The van der Waals surface area contributed by atoms with Crippen molar-refractivity contribution in [3.8, 4) is 0 Å². The van der Waals surface area contributed by atoms with Gasteiger partial charge in [0, 0.05) is 6.42 Å². The third kappa shape index (κ3) is 9.53. The Morgan fingerprint density at radius 2 is 2.15 bits per heavy atom. The number of nitrogens with zero attached hydrogens (tertiary/aromatic N) is 1. The second-order valence-corrected chi connectivity index (χ2v) is 4.71. The van der Waals surface area contributed by atoms with Crippen LogP contribution in [-0.4, -0.2) is 22.5 Å². The lowest BCUT2D eigenvalue weighted by molar-refractivity contribution is 0.317. The predicted octanol–water partition coefficient (Wildman–Crippen LogP) is 2.29. The maximum absolute atomic E-state index is 8.27. The van der Waals surface area contributed by atoms with Gasteiger partial charge in [-0.05, 0) is 30.3 Å². The van der Waals surface area contributed by atoms with E-state index in [1.807, 2.05) is 11.8 Å². The van der Waals surface area contributed by atoms with Crippen molar-refractivity contribution in [2.24, 2.45) is 16.8 Å². The van der Waals surface area contributed by atoms with Crippen LogP contribution in [0.5, 0.6) is 0 Å². The summed E-state index contributed by atoms with van der Waals surface area (Å²) in [6.45, 7) is 4.47. The number of nitrogens with two attached hydrogens (primary N) is 1. The van der Waals surface area contributed by atoms with Crippen molar-refractivity contribution in [1.29, 1.82) is 0 Å². The molecular weight excluding hydrogens is 184 g/mol. The average molecular weight is 204 g/mol. The Hall–Kier alpha value is -0.380. The number of hydrogen-bond donors (Lipinski definition) is 2. The summed E-state index contributed by atoms with van der Waals surface area (Å²) in [6.07, 6.45) is 2.97. The fraction of sp³-hybridized carbons (Fsp3) is 0.889. The van der Waals surface area contributed by atoms with Gasteiger partial charge in [-0.3, -0.25) is 0 Å². The van der Waals surface area contributed by atoms with Crippen molar-refractivity contribution < 1.29 is 5.21 Å². The van der Waals surface area contributed by atoms with Gasteiger partial charge in [-0.25, -0.2) is 0 Å². The highest BCUT2D eigenvalue weighted by atomic mass is 32.2. The summed E-state index contributed by atoms with van der Waals surface area (Å²) in [5.74, 6) is 3.44. The van der Waals surface area contributed by atoms with Crippen LogP contribution < -0.4 is 5.73 Å². The van der Waals surface area contributed by atoms with Crippen LogP contribution in [0.15, 0.2) is 5.16 Å². The van der Waals surface area contributed by atoms with Crippen molar-refractivity contribution in [3.63, 3.8) is 0 Å². The number of oxime groups is 1. The first-order chi connectivity index (χ1) is 6.16. The monoisotopic (exact) mass is 204 g/mol. The van der Waals surface area contributed by atoms with E-state index in [0.717, 1.165) is 18.1 Å². The molecule has 0 aliphatic heterocycles. The standard InChI is InChI=1S/C9H20N2OS/c1-8(2)5-7-13-6-3-4-9(10)11-12/h8,12H,3-7H2,1-2H3,(H2,10,11). The van der Waals surface area contributed by atoms with Crippen molar-refractivity contribution >= 4 is 17.6 Å². The molecule has 0 heterocycles. The lowest BCUT2D eigenvalue weighted by atomic mass is 10.2. The summed E-state index contributed by atoms with van der Waals surface area (Å²) < 4.78 is 0. The third-order valence-corrected chi connectivity index (χ3v) is 2.79. The number of amidine groups is 1. The quantitative estimate of drug-likeness (QED) is 0.220. The van der Waals surface area contributed by atoms with Gasteiger partial charge in [0.15, 0.2) is 0 Å².